The summed E-state index contributed by atoms with van der Waals surface area (Å²) in [5.41, 5.74) is 0.926. The number of benzene rings is 1. The molecule has 0 saturated heterocycles. The minimum absolute atomic E-state index is 0.0644. The highest BCUT2D eigenvalue weighted by Crippen LogP contribution is 2.10. The van der Waals surface area contributed by atoms with Crippen LogP contribution >= 0.6 is 11.6 Å². The molecule has 0 bridgehead atoms. The molecule has 1 aromatic rings. The number of Topliss-reactive ketones (excluding diaryl/α,β-unsaturated/α-hetero) is 1. The minimum Gasteiger partial charge on any atom is -0.293 e. The highest BCUT2D eigenvalue weighted by molar-refractivity contribution is 6.30. The maximum atomic E-state index is 12.7. The average Bonchev–Trinajstić information content (AvgIpc) is 2.08. The number of halogens is 2. The van der Waals surface area contributed by atoms with Crippen LogP contribution in [-0.4, -0.2) is 11.7 Å². The van der Waals surface area contributed by atoms with Crippen LogP contribution in [0, 0.1) is 12.7 Å². The van der Waals surface area contributed by atoms with E-state index in [0.29, 0.717) is 11.1 Å². The van der Waals surface area contributed by atoms with Crippen molar-refractivity contribution < 1.29 is 9.18 Å². The summed E-state index contributed by atoms with van der Waals surface area (Å²) in [6.45, 7) is 1.61. The van der Waals surface area contributed by atoms with Gasteiger partial charge in [-0.15, -0.1) is 11.6 Å². The third-order valence-corrected chi connectivity index (χ3v) is 1.84. The number of aryl methyl sites for hydroxylation is 1. The molecule has 1 rings (SSSR count). The zero-order chi connectivity index (χ0) is 9.14. The lowest BCUT2D eigenvalue weighted by atomic mass is 10.1. The van der Waals surface area contributed by atoms with Crippen LogP contribution in [0.5, 0.6) is 0 Å². The van der Waals surface area contributed by atoms with Crippen molar-refractivity contribution in [3.63, 3.8) is 0 Å². The maximum Gasteiger partial charge on any atom is 0.177 e. The summed E-state index contributed by atoms with van der Waals surface area (Å²) in [7, 11) is 0. The second-order valence-corrected chi connectivity index (χ2v) is 2.79. The smallest absolute Gasteiger partial charge is 0.177 e. The molecule has 0 unspecified atom stereocenters. The van der Waals surface area contributed by atoms with Crippen molar-refractivity contribution in [2.75, 3.05) is 5.88 Å². The SMILES string of the molecule is Cc1cc(C(=O)CCl)ccc1F. The van der Waals surface area contributed by atoms with Gasteiger partial charge in [0.15, 0.2) is 5.78 Å². The number of alkyl halides is 1. The van der Waals surface area contributed by atoms with E-state index >= 15 is 0 Å². The second-order valence-electron chi connectivity index (χ2n) is 2.52. The van der Waals surface area contributed by atoms with Gasteiger partial charge in [0.25, 0.3) is 0 Å². The number of hydrogen-bond acceptors (Lipinski definition) is 1. The van der Waals surface area contributed by atoms with Crippen LogP contribution < -0.4 is 0 Å². The number of hydrogen-bond donors (Lipinski definition) is 0. The summed E-state index contributed by atoms with van der Waals surface area (Å²) >= 11 is 5.34. The first-order valence-electron chi connectivity index (χ1n) is 3.50. The molecular weight excluding hydrogens is 179 g/mol. The molecule has 0 fully saturated rings. The summed E-state index contributed by atoms with van der Waals surface area (Å²) < 4.78 is 12.7. The molecule has 1 nitrogen and oxygen atoms in total. The van der Waals surface area contributed by atoms with Gasteiger partial charge in [-0.25, -0.2) is 4.39 Å². The molecular formula is C9H8ClFO. The summed E-state index contributed by atoms with van der Waals surface area (Å²) in [6, 6.07) is 4.21. The quantitative estimate of drug-likeness (QED) is 0.513. The van der Waals surface area contributed by atoms with E-state index in [4.69, 9.17) is 11.6 Å². The second kappa shape index (κ2) is 3.68. The summed E-state index contributed by atoms with van der Waals surface area (Å²) in [5.74, 6) is -0.550. The van der Waals surface area contributed by atoms with Gasteiger partial charge in [0, 0.05) is 5.56 Å². The van der Waals surface area contributed by atoms with Crippen LogP contribution in [0.15, 0.2) is 18.2 Å². The first kappa shape index (κ1) is 9.20. The van der Waals surface area contributed by atoms with Gasteiger partial charge in [-0.1, -0.05) is 0 Å². The molecule has 1 aromatic carbocycles. The largest absolute Gasteiger partial charge is 0.293 e. The van der Waals surface area contributed by atoms with E-state index < -0.39 is 0 Å². The molecule has 0 heterocycles. The molecule has 12 heavy (non-hydrogen) atoms. The monoisotopic (exact) mass is 186 g/mol. The Hall–Kier alpha value is -0.890. The van der Waals surface area contributed by atoms with Crippen LogP contribution in [-0.2, 0) is 0 Å². The van der Waals surface area contributed by atoms with Crippen molar-refractivity contribution in [3.8, 4) is 0 Å². The fourth-order valence-electron chi connectivity index (χ4n) is 0.895. The lowest BCUT2D eigenvalue weighted by Gasteiger charge is -1.99. The molecule has 0 aliphatic heterocycles. The summed E-state index contributed by atoms with van der Waals surface area (Å²) in [5, 5.41) is 0. The van der Waals surface area contributed by atoms with Gasteiger partial charge in [0.05, 0.1) is 5.88 Å². The van der Waals surface area contributed by atoms with Gasteiger partial charge in [-0.3, -0.25) is 4.79 Å². The Balaban J connectivity index is 3.05. The van der Waals surface area contributed by atoms with Crippen molar-refractivity contribution in [1.82, 2.24) is 0 Å². The predicted octanol–water partition coefficient (Wildman–Crippen LogP) is 2.56. The average molecular weight is 187 g/mol. The van der Waals surface area contributed by atoms with Gasteiger partial charge in [-0.2, -0.15) is 0 Å². The van der Waals surface area contributed by atoms with E-state index in [1.807, 2.05) is 0 Å². The topological polar surface area (TPSA) is 17.1 Å². The first-order valence-corrected chi connectivity index (χ1v) is 4.04. The molecule has 0 radical (unpaired) electrons. The van der Waals surface area contributed by atoms with Crippen LogP contribution in [0.3, 0.4) is 0 Å². The van der Waals surface area contributed by atoms with E-state index in [0.717, 1.165) is 0 Å². The van der Waals surface area contributed by atoms with Crippen LogP contribution in [0.2, 0.25) is 0 Å². The van der Waals surface area contributed by atoms with Gasteiger partial charge < -0.3 is 0 Å². The van der Waals surface area contributed by atoms with Crippen molar-refractivity contribution in [2.45, 2.75) is 6.92 Å². The zero-order valence-corrected chi connectivity index (χ0v) is 7.36. The molecule has 0 amide bonds. The highest BCUT2D eigenvalue weighted by Gasteiger charge is 2.05. The summed E-state index contributed by atoms with van der Waals surface area (Å²) in [6.07, 6.45) is 0. The Bertz CT molecular complexity index is 309. The number of carbonyl (C=O) groups is 1. The van der Waals surface area contributed by atoms with E-state index in [9.17, 15) is 9.18 Å². The van der Waals surface area contributed by atoms with Crippen LogP contribution in [0.1, 0.15) is 15.9 Å². The molecule has 0 aliphatic carbocycles. The molecule has 3 heteroatoms. The minimum atomic E-state index is -0.305. The highest BCUT2D eigenvalue weighted by atomic mass is 35.5. The lowest BCUT2D eigenvalue weighted by molar-refractivity contribution is 0.102. The standard InChI is InChI=1S/C9H8ClFO/c1-6-4-7(9(12)5-10)2-3-8(6)11/h2-4H,5H2,1H3. The third kappa shape index (κ3) is 1.83. The predicted molar refractivity (Wildman–Crippen MR) is 46.2 cm³/mol. The van der Waals surface area contributed by atoms with Crippen molar-refractivity contribution in [1.29, 1.82) is 0 Å². The molecule has 0 spiro atoms. The van der Waals surface area contributed by atoms with Crippen LogP contribution in [0.4, 0.5) is 4.39 Å². The van der Waals surface area contributed by atoms with Gasteiger partial charge >= 0.3 is 0 Å². The lowest BCUT2D eigenvalue weighted by Crippen LogP contribution is -2.00. The Morgan fingerprint density at radius 1 is 1.58 bits per heavy atom. The van der Waals surface area contributed by atoms with Crippen molar-refractivity contribution >= 4 is 17.4 Å². The van der Waals surface area contributed by atoms with Gasteiger partial charge in [0.1, 0.15) is 5.82 Å². The van der Waals surface area contributed by atoms with Crippen molar-refractivity contribution in [3.05, 3.63) is 35.1 Å². The van der Waals surface area contributed by atoms with Gasteiger partial charge in [-0.05, 0) is 30.7 Å². The fraction of sp³-hybridized carbons (Fsp3) is 0.222. The van der Waals surface area contributed by atoms with E-state index in [1.54, 1.807) is 6.92 Å². The fourth-order valence-corrected chi connectivity index (χ4v) is 1.05. The normalized spacial score (nSPS) is 9.92. The number of rotatable bonds is 2. The number of carbonyl (C=O) groups excluding carboxylic acids is 1. The Labute approximate surface area is 75.2 Å². The van der Waals surface area contributed by atoms with Crippen molar-refractivity contribution in [2.24, 2.45) is 0 Å². The number of ketones is 1. The molecule has 0 aromatic heterocycles. The van der Waals surface area contributed by atoms with Gasteiger partial charge in [0.2, 0.25) is 0 Å². The molecule has 0 N–H and O–H groups in total. The zero-order valence-electron chi connectivity index (χ0n) is 6.60. The van der Waals surface area contributed by atoms with E-state index in [1.165, 1.54) is 18.2 Å². The van der Waals surface area contributed by atoms with Crippen LogP contribution in [0.25, 0.3) is 0 Å². The molecule has 0 aliphatic rings. The molecule has 0 saturated carbocycles. The maximum absolute atomic E-state index is 12.7. The van der Waals surface area contributed by atoms with E-state index in [2.05, 4.69) is 0 Å². The Kier molecular flexibility index (Phi) is 2.82. The Morgan fingerprint density at radius 3 is 2.75 bits per heavy atom. The van der Waals surface area contributed by atoms with E-state index in [-0.39, 0.29) is 17.5 Å². The third-order valence-electron chi connectivity index (χ3n) is 1.60. The first-order chi connectivity index (χ1) is 5.65. The molecule has 64 valence electrons. The molecule has 0 atom stereocenters. The Morgan fingerprint density at radius 2 is 2.25 bits per heavy atom. The summed E-state index contributed by atoms with van der Waals surface area (Å²) in [4.78, 5) is 11.0.